The lowest BCUT2D eigenvalue weighted by molar-refractivity contribution is -0.143. The average molecular weight is 238 g/mol. The molecule has 0 saturated carbocycles. The fraction of sp³-hybridized carbons (Fsp3) is 0.333. The van der Waals surface area contributed by atoms with Crippen molar-refractivity contribution >= 4 is 11.8 Å². The Hall–Kier alpha value is -2.04. The Morgan fingerprint density at radius 2 is 1.88 bits per heavy atom. The number of carbonyl (C=O) groups is 2. The van der Waals surface area contributed by atoms with E-state index in [9.17, 15) is 14.7 Å². The van der Waals surface area contributed by atoms with E-state index in [0.717, 1.165) is 0 Å². The molecular weight excluding hydrogens is 224 g/mol. The number of hydrogen-bond acceptors (Lipinski definition) is 5. The number of aromatic hydroxyl groups is 2. The monoisotopic (exact) mass is 238 g/mol. The molecule has 0 spiro atoms. The topological polar surface area (TPSA) is 83.8 Å². The molecule has 0 bridgehead atoms. The average Bonchev–Trinajstić information content (AvgIpc) is 2.30. The zero-order valence-electron chi connectivity index (χ0n) is 9.47. The van der Waals surface area contributed by atoms with Gasteiger partial charge in [0, 0.05) is 12.0 Å². The Bertz CT molecular complexity index is 425. The molecule has 1 aromatic carbocycles. The smallest absolute Gasteiger partial charge is 0.306 e. The summed E-state index contributed by atoms with van der Waals surface area (Å²) in [6.07, 6.45) is 0.0252. The minimum absolute atomic E-state index is 0.00825. The van der Waals surface area contributed by atoms with Crippen molar-refractivity contribution < 1.29 is 24.5 Å². The van der Waals surface area contributed by atoms with Crippen molar-refractivity contribution in [2.45, 2.75) is 19.8 Å². The molecule has 0 aliphatic rings. The summed E-state index contributed by atoms with van der Waals surface area (Å²) in [5, 5.41) is 18.3. The minimum Gasteiger partial charge on any atom is -0.504 e. The predicted octanol–water partition coefficient (Wildman–Crippen LogP) is 1.62. The van der Waals surface area contributed by atoms with Gasteiger partial charge < -0.3 is 14.9 Å². The third-order valence-electron chi connectivity index (χ3n) is 2.16. The van der Waals surface area contributed by atoms with Crippen LogP contribution in [0, 0.1) is 0 Å². The second-order valence-electron chi connectivity index (χ2n) is 3.43. The van der Waals surface area contributed by atoms with Gasteiger partial charge in [0.25, 0.3) is 0 Å². The van der Waals surface area contributed by atoms with Gasteiger partial charge in [0.1, 0.15) is 0 Å². The van der Waals surface area contributed by atoms with Crippen LogP contribution in [0.3, 0.4) is 0 Å². The molecule has 2 N–H and O–H groups in total. The van der Waals surface area contributed by atoms with E-state index in [-0.39, 0.29) is 42.3 Å². The summed E-state index contributed by atoms with van der Waals surface area (Å²) in [6, 6.07) is 3.79. The number of esters is 1. The fourth-order valence-electron chi connectivity index (χ4n) is 1.29. The van der Waals surface area contributed by atoms with Gasteiger partial charge in [-0.25, -0.2) is 0 Å². The standard InChI is InChI=1S/C12H14O5/c1-2-17-12(16)6-5-9(13)8-3-4-10(14)11(15)7-8/h3-4,7,14-15H,2,5-6H2,1H3. The summed E-state index contributed by atoms with van der Waals surface area (Å²) in [5.74, 6) is -1.35. The molecule has 5 heteroatoms. The third kappa shape index (κ3) is 3.79. The second kappa shape index (κ2) is 5.89. The van der Waals surface area contributed by atoms with Gasteiger partial charge in [-0.2, -0.15) is 0 Å². The summed E-state index contributed by atoms with van der Waals surface area (Å²) in [7, 11) is 0. The van der Waals surface area contributed by atoms with Crippen LogP contribution in [0.4, 0.5) is 0 Å². The van der Waals surface area contributed by atoms with E-state index in [4.69, 9.17) is 9.84 Å². The molecule has 1 rings (SSSR count). The third-order valence-corrected chi connectivity index (χ3v) is 2.16. The maximum atomic E-state index is 11.6. The highest BCUT2D eigenvalue weighted by Crippen LogP contribution is 2.25. The number of ketones is 1. The number of rotatable bonds is 5. The summed E-state index contributed by atoms with van der Waals surface area (Å²) < 4.78 is 4.69. The number of phenolic OH excluding ortho intramolecular Hbond substituents is 2. The Labute approximate surface area is 98.6 Å². The summed E-state index contributed by atoms with van der Waals surface area (Å²) in [6.45, 7) is 1.98. The van der Waals surface area contributed by atoms with Crippen LogP contribution in [-0.2, 0) is 9.53 Å². The number of hydrogen-bond donors (Lipinski definition) is 2. The molecule has 17 heavy (non-hydrogen) atoms. The number of phenols is 2. The van der Waals surface area contributed by atoms with Crippen molar-refractivity contribution in [3.05, 3.63) is 23.8 Å². The summed E-state index contributed by atoms with van der Waals surface area (Å²) >= 11 is 0. The van der Waals surface area contributed by atoms with Crippen LogP contribution < -0.4 is 0 Å². The van der Waals surface area contributed by atoms with Gasteiger partial charge in [0.15, 0.2) is 17.3 Å². The van der Waals surface area contributed by atoms with E-state index in [1.807, 2.05) is 0 Å². The SMILES string of the molecule is CCOC(=O)CCC(=O)c1ccc(O)c(O)c1. The van der Waals surface area contributed by atoms with E-state index >= 15 is 0 Å². The predicted molar refractivity (Wildman–Crippen MR) is 60.0 cm³/mol. The first kappa shape index (κ1) is 13.0. The van der Waals surface area contributed by atoms with Crippen LogP contribution in [0.2, 0.25) is 0 Å². The lowest BCUT2D eigenvalue weighted by atomic mass is 10.1. The first-order valence-corrected chi connectivity index (χ1v) is 5.25. The Morgan fingerprint density at radius 3 is 2.47 bits per heavy atom. The summed E-state index contributed by atoms with van der Waals surface area (Å²) in [4.78, 5) is 22.7. The van der Waals surface area contributed by atoms with Crippen LogP contribution in [0.15, 0.2) is 18.2 Å². The van der Waals surface area contributed by atoms with Crippen molar-refractivity contribution in [1.29, 1.82) is 0 Å². The molecular formula is C12H14O5. The molecule has 5 nitrogen and oxygen atoms in total. The molecule has 0 amide bonds. The normalized spacial score (nSPS) is 9.94. The van der Waals surface area contributed by atoms with Crippen molar-refractivity contribution in [1.82, 2.24) is 0 Å². The van der Waals surface area contributed by atoms with Crippen molar-refractivity contribution in [3.63, 3.8) is 0 Å². The molecule has 0 fully saturated rings. The number of ether oxygens (including phenoxy) is 1. The van der Waals surface area contributed by atoms with Gasteiger partial charge in [-0.15, -0.1) is 0 Å². The molecule has 92 valence electrons. The van der Waals surface area contributed by atoms with Gasteiger partial charge in [-0.1, -0.05) is 0 Å². The van der Waals surface area contributed by atoms with E-state index < -0.39 is 5.97 Å². The van der Waals surface area contributed by atoms with Crippen molar-refractivity contribution in [2.75, 3.05) is 6.61 Å². The van der Waals surface area contributed by atoms with Gasteiger partial charge in [0.2, 0.25) is 0 Å². The molecule has 0 heterocycles. The molecule has 0 saturated heterocycles. The maximum Gasteiger partial charge on any atom is 0.306 e. The molecule has 0 aliphatic heterocycles. The van der Waals surface area contributed by atoms with E-state index in [1.54, 1.807) is 6.92 Å². The summed E-state index contributed by atoms with van der Waals surface area (Å²) in [5.41, 5.74) is 0.254. The van der Waals surface area contributed by atoms with Crippen LogP contribution in [0.25, 0.3) is 0 Å². The Kier molecular flexibility index (Phi) is 4.51. The second-order valence-corrected chi connectivity index (χ2v) is 3.43. The zero-order valence-corrected chi connectivity index (χ0v) is 9.47. The molecule has 0 atom stereocenters. The minimum atomic E-state index is -0.427. The van der Waals surface area contributed by atoms with E-state index in [2.05, 4.69) is 0 Å². The van der Waals surface area contributed by atoms with Crippen LogP contribution in [-0.4, -0.2) is 28.6 Å². The first-order valence-electron chi connectivity index (χ1n) is 5.25. The molecule has 0 aromatic heterocycles. The first-order chi connectivity index (χ1) is 8.04. The number of benzene rings is 1. The molecule has 0 aliphatic carbocycles. The molecule has 0 unspecified atom stereocenters. The molecule has 0 radical (unpaired) electrons. The van der Waals surface area contributed by atoms with E-state index in [1.165, 1.54) is 18.2 Å². The quantitative estimate of drug-likeness (QED) is 0.462. The lowest BCUT2D eigenvalue weighted by Crippen LogP contribution is -2.07. The van der Waals surface area contributed by atoms with Crippen molar-refractivity contribution in [3.8, 4) is 11.5 Å². The number of carbonyl (C=O) groups excluding carboxylic acids is 2. The highest BCUT2D eigenvalue weighted by Gasteiger charge is 2.11. The van der Waals surface area contributed by atoms with Gasteiger partial charge in [-0.05, 0) is 25.1 Å². The largest absolute Gasteiger partial charge is 0.504 e. The van der Waals surface area contributed by atoms with Crippen LogP contribution >= 0.6 is 0 Å². The van der Waals surface area contributed by atoms with Gasteiger partial charge >= 0.3 is 5.97 Å². The van der Waals surface area contributed by atoms with Gasteiger partial charge in [-0.3, -0.25) is 9.59 Å². The Morgan fingerprint density at radius 1 is 1.18 bits per heavy atom. The fourth-order valence-corrected chi connectivity index (χ4v) is 1.29. The van der Waals surface area contributed by atoms with Crippen molar-refractivity contribution in [2.24, 2.45) is 0 Å². The van der Waals surface area contributed by atoms with E-state index in [0.29, 0.717) is 0 Å². The lowest BCUT2D eigenvalue weighted by Gasteiger charge is -2.03. The number of Topliss-reactive ketones (excluding diaryl/α,β-unsaturated/α-hetero) is 1. The van der Waals surface area contributed by atoms with Gasteiger partial charge in [0.05, 0.1) is 13.0 Å². The van der Waals surface area contributed by atoms with Crippen LogP contribution in [0.5, 0.6) is 11.5 Å². The highest BCUT2D eigenvalue weighted by molar-refractivity contribution is 5.98. The maximum absolute atomic E-state index is 11.6. The zero-order chi connectivity index (χ0) is 12.8. The Balaban J connectivity index is 2.58. The molecule has 1 aromatic rings. The highest BCUT2D eigenvalue weighted by atomic mass is 16.5. The van der Waals surface area contributed by atoms with Crippen LogP contribution in [0.1, 0.15) is 30.1 Å².